The van der Waals surface area contributed by atoms with Gasteiger partial charge in [-0.1, -0.05) is 42.5 Å². The van der Waals surface area contributed by atoms with Crippen LogP contribution >= 0.6 is 31.6 Å². The molecule has 0 radical (unpaired) electrons. The number of fused-ring (bicyclic) bond motifs is 1. The summed E-state index contributed by atoms with van der Waals surface area (Å²) >= 11 is 10.9. The van der Waals surface area contributed by atoms with E-state index >= 15 is 4.39 Å². The summed E-state index contributed by atoms with van der Waals surface area (Å²) < 4.78 is 78.9. The van der Waals surface area contributed by atoms with Crippen molar-refractivity contribution in [2.75, 3.05) is 13.7 Å². The van der Waals surface area contributed by atoms with Crippen LogP contribution in [0.3, 0.4) is 0 Å². The Morgan fingerprint density at radius 1 is 1.59 bits per heavy atom. The number of alkyl halides is 1. The number of nitrogens with one attached hydrogen (secondary N) is 1. The molecule has 1 saturated heterocycles. The van der Waals surface area contributed by atoms with Gasteiger partial charge in [-0.25, -0.2) is 8.96 Å². The molecule has 0 bridgehead atoms. The summed E-state index contributed by atoms with van der Waals surface area (Å²) in [5, 5.41) is 23.3. The molecule has 1 fully saturated rings. The van der Waals surface area contributed by atoms with Gasteiger partial charge < -0.3 is 34.4 Å². The van der Waals surface area contributed by atoms with Crippen molar-refractivity contribution < 1.29 is 46.3 Å². The Bertz CT molecular complexity index is 1170. The van der Waals surface area contributed by atoms with E-state index in [0.29, 0.717) is 10.5 Å². The predicted molar refractivity (Wildman–Crippen MR) is 113 cm³/mol. The monoisotopic (exact) mass is 511 g/mol. The van der Waals surface area contributed by atoms with Crippen LogP contribution in [0.2, 0.25) is 0 Å². The van der Waals surface area contributed by atoms with E-state index in [0.717, 1.165) is 6.20 Å². The maximum absolute atomic E-state index is 16.0. The molecule has 1 aromatic rings. The number of ether oxygens (including phenoxy) is 2. The minimum absolute atomic E-state index is 0.00938. The van der Waals surface area contributed by atoms with E-state index in [4.69, 9.17) is 51.0 Å². The van der Waals surface area contributed by atoms with E-state index in [1.165, 1.54) is 13.2 Å². The number of benzene rings is 1. The Kier molecular flexibility index (Phi) is 5.26. The van der Waals surface area contributed by atoms with Crippen molar-refractivity contribution in [2.24, 2.45) is 0 Å². The van der Waals surface area contributed by atoms with Crippen LogP contribution in [0.5, 0.6) is 11.5 Å². The number of nitrogens with zero attached hydrogens (tertiary/aromatic N) is 1. The van der Waals surface area contributed by atoms with Gasteiger partial charge in [0.25, 0.3) is 5.85 Å². The van der Waals surface area contributed by atoms with E-state index < -0.39 is 38.6 Å². The summed E-state index contributed by atoms with van der Waals surface area (Å²) in [5.74, 6) is -4.11. The van der Waals surface area contributed by atoms with E-state index in [9.17, 15) is 14.8 Å². The molecule has 0 spiro atoms. The Labute approximate surface area is 196 Å². The van der Waals surface area contributed by atoms with Crippen LogP contribution in [0.15, 0.2) is 41.8 Å². The summed E-state index contributed by atoms with van der Waals surface area (Å²) in [4.78, 5) is 0.711. The van der Waals surface area contributed by atoms with Crippen molar-refractivity contribution >= 4 is 36.6 Å². The summed E-state index contributed by atoms with van der Waals surface area (Å²) in [6, 6.07) is 4.63. The molecule has 3 heterocycles. The second-order valence-corrected chi connectivity index (χ2v) is 9.01. The lowest BCUT2D eigenvalue weighted by Crippen LogP contribution is -2.47. The average molecular weight is 512 g/mol. The van der Waals surface area contributed by atoms with Gasteiger partial charge in [-0.3, -0.25) is 9.05 Å². The molecule has 3 aliphatic rings. The smallest absolute Gasteiger partial charge is 0.493 e. The highest BCUT2D eigenvalue weighted by Gasteiger charge is 2.58. The van der Waals surface area contributed by atoms with E-state index in [1.807, 2.05) is 0 Å². The minimum atomic E-state index is -4.88. The number of methoxy groups -OCH3 is 1. The van der Waals surface area contributed by atoms with Gasteiger partial charge in [0, 0.05) is 11.8 Å². The number of halogens is 2. The number of hydrogen-bond donors (Lipinski definition) is 3. The first-order valence-electron chi connectivity index (χ1n) is 10.4. The molecule has 10 nitrogen and oxygen atoms in total. The van der Waals surface area contributed by atoms with Crippen LogP contribution in [0.25, 0.3) is 0 Å². The highest BCUT2D eigenvalue weighted by atomic mass is 35.5. The number of phosphoric acid groups is 1. The maximum atomic E-state index is 16.0. The summed E-state index contributed by atoms with van der Waals surface area (Å²) in [6.07, 6.45) is -7.06. The van der Waals surface area contributed by atoms with Crippen LogP contribution in [-0.4, -0.2) is 58.0 Å². The third kappa shape index (κ3) is 4.13. The van der Waals surface area contributed by atoms with Gasteiger partial charge in [-0.15, -0.1) is 0 Å². The predicted octanol–water partition coefficient (Wildman–Crippen LogP) is 2.26. The minimum Gasteiger partial charge on any atom is -0.493 e. The molecular formula is C18H19ClFN2O8PS. The fraction of sp³-hybridized carbons (Fsp3) is 0.389. The largest absolute Gasteiger partial charge is 0.530 e. The number of aliphatic hydroxyl groups excluding tert-OH is 2. The van der Waals surface area contributed by atoms with Gasteiger partial charge in [0.1, 0.15) is 29.6 Å². The number of thiocarbonyl (C=S) groups is 1. The van der Waals surface area contributed by atoms with E-state index in [1.54, 1.807) is 12.1 Å². The van der Waals surface area contributed by atoms with Crippen LogP contribution < -0.4 is 14.6 Å². The van der Waals surface area contributed by atoms with E-state index in [2.05, 4.69) is 11.9 Å². The standard InChI is InChI=1S/C18H19ClFN2O8PS/c1-9-21-16(32)11(19)6-22(9)17-13(23)15(24)18(20,29-17)8-28-31(25)27-7-10-4-3-5-12(26-2)14(10)30-31/h3-6,13,15,17,23-24H,1,7-8H2,2H3,(H,21,32)/t13-,15+,17-,18-,31?/m1/s1/i8D2,17D. The number of aliphatic hydroxyl groups is 2. The van der Waals surface area contributed by atoms with Crippen LogP contribution in [-0.2, 0) is 25.0 Å². The first-order valence-corrected chi connectivity index (χ1v) is 11.1. The molecule has 3 N–H and O–H groups in total. The Morgan fingerprint density at radius 3 is 3.06 bits per heavy atom. The van der Waals surface area contributed by atoms with Crippen LogP contribution in [0, 0.1) is 0 Å². The summed E-state index contributed by atoms with van der Waals surface area (Å²) in [7, 11) is -3.57. The molecule has 0 amide bonds. The SMILES string of the molecule is [2H]C([2H])(OP1(=O)OCc2cccc(OC)c2O1)[C@@]1(F)O[C@@]([2H])(N2C=C(Cl)C(=S)NC2=C)[C@H](O)[C@@H]1O. The first kappa shape index (κ1) is 19.7. The van der Waals surface area contributed by atoms with Crippen molar-refractivity contribution in [2.45, 2.75) is 30.9 Å². The molecule has 1 unspecified atom stereocenters. The third-order valence-corrected chi connectivity index (χ3v) is 6.48. The normalized spacial score (nSPS) is 38.6. The van der Waals surface area contributed by atoms with Crippen molar-refractivity contribution in [1.82, 2.24) is 10.2 Å². The van der Waals surface area contributed by atoms with Gasteiger partial charge in [-0.05, 0) is 6.07 Å². The highest BCUT2D eigenvalue weighted by molar-refractivity contribution is 7.81. The molecule has 3 aliphatic heterocycles. The zero-order chi connectivity index (χ0) is 26.0. The fourth-order valence-corrected chi connectivity index (χ4v) is 4.39. The van der Waals surface area contributed by atoms with Gasteiger partial charge in [0.05, 0.1) is 22.9 Å². The van der Waals surface area contributed by atoms with Crippen molar-refractivity contribution in [3.63, 3.8) is 0 Å². The number of hydrogen-bond acceptors (Lipinski definition) is 10. The van der Waals surface area contributed by atoms with Gasteiger partial charge >= 0.3 is 7.82 Å². The molecule has 0 saturated carbocycles. The Hall–Kier alpha value is -1.76. The van der Waals surface area contributed by atoms with Gasteiger partial charge in [0.2, 0.25) is 0 Å². The Balaban J connectivity index is 1.64. The first-order chi connectivity index (χ1) is 16.2. The van der Waals surface area contributed by atoms with Crippen molar-refractivity contribution in [1.29, 1.82) is 0 Å². The molecular weight excluding hydrogens is 490 g/mol. The highest BCUT2D eigenvalue weighted by Crippen LogP contribution is 2.57. The number of para-hydroxylation sites is 1. The average Bonchev–Trinajstić information content (AvgIpc) is 2.97. The number of rotatable bonds is 5. The van der Waals surface area contributed by atoms with Gasteiger partial charge in [0.15, 0.2) is 17.7 Å². The molecule has 0 aromatic heterocycles. The molecule has 32 heavy (non-hydrogen) atoms. The lowest BCUT2D eigenvalue weighted by molar-refractivity contribution is -0.207. The quantitative estimate of drug-likeness (QED) is 0.399. The van der Waals surface area contributed by atoms with E-state index in [-0.39, 0.29) is 33.9 Å². The second kappa shape index (κ2) is 8.54. The lowest BCUT2D eigenvalue weighted by Gasteiger charge is -2.34. The van der Waals surface area contributed by atoms with Crippen LogP contribution in [0.1, 0.15) is 9.68 Å². The molecule has 5 atom stereocenters. The molecule has 0 aliphatic carbocycles. The second-order valence-electron chi connectivity index (χ2n) is 6.68. The number of phosphoric ester groups is 1. The van der Waals surface area contributed by atoms with Gasteiger partial charge in [-0.2, -0.15) is 0 Å². The molecule has 14 heteroatoms. The zero-order valence-electron chi connectivity index (χ0n) is 19.3. The molecule has 174 valence electrons. The third-order valence-electron chi connectivity index (χ3n) is 4.59. The topological polar surface area (TPSA) is 119 Å². The fourth-order valence-electron chi connectivity index (χ4n) is 2.97. The Morgan fingerprint density at radius 2 is 2.34 bits per heavy atom. The molecule has 1 aromatic carbocycles. The molecule has 4 rings (SSSR count). The van der Waals surface area contributed by atoms with Crippen LogP contribution in [0.4, 0.5) is 4.39 Å². The van der Waals surface area contributed by atoms with Crippen molar-refractivity contribution in [3.05, 3.63) is 47.4 Å². The zero-order valence-corrected chi connectivity index (χ0v) is 18.7. The summed E-state index contributed by atoms with van der Waals surface area (Å²) in [5.41, 5.74) is 0.394. The lowest BCUT2D eigenvalue weighted by atomic mass is 10.1. The summed E-state index contributed by atoms with van der Waals surface area (Å²) in [6.45, 7) is -0.589. The maximum Gasteiger partial charge on any atom is 0.530 e. The van der Waals surface area contributed by atoms with Crippen molar-refractivity contribution in [3.8, 4) is 11.5 Å².